The first kappa shape index (κ1) is 11.4. The smallest absolute Gasteiger partial charge is 0.185 e. The summed E-state index contributed by atoms with van der Waals surface area (Å²) < 4.78 is 0. The monoisotopic (exact) mass is 252 g/mol. The van der Waals surface area contributed by atoms with Gasteiger partial charge in [-0.2, -0.15) is 0 Å². The van der Waals surface area contributed by atoms with Gasteiger partial charge in [0.25, 0.3) is 0 Å². The van der Waals surface area contributed by atoms with Crippen LogP contribution < -0.4 is 10.2 Å². The Morgan fingerprint density at radius 2 is 2.24 bits per heavy atom. The summed E-state index contributed by atoms with van der Waals surface area (Å²) in [6.45, 7) is 8.35. The van der Waals surface area contributed by atoms with Crippen LogP contribution in [0.2, 0.25) is 0 Å². The minimum atomic E-state index is 0.876. The van der Waals surface area contributed by atoms with Gasteiger partial charge < -0.3 is 10.2 Å². The molecule has 2 aliphatic heterocycles. The second-order valence-electron chi connectivity index (χ2n) is 4.96. The molecule has 1 N–H and O–H groups in total. The molecule has 1 aromatic rings. The average Bonchev–Trinajstić information content (AvgIpc) is 3.01. The second kappa shape index (κ2) is 5.33. The number of nitrogens with zero attached hydrogens (tertiary/aromatic N) is 3. The Kier molecular flexibility index (Phi) is 3.59. The van der Waals surface area contributed by atoms with E-state index in [0.29, 0.717) is 0 Å². The number of hydrogen-bond acceptors (Lipinski definition) is 5. The summed E-state index contributed by atoms with van der Waals surface area (Å²) in [4.78, 5) is 9.41. The Morgan fingerprint density at radius 3 is 2.88 bits per heavy atom. The van der Waals surface area contributed by atoms with E-state index in [1.54, 1.807) is 11.3 Å². The van der Waals surface area contributed by atoms with Crippen molar-refractivity contribution in [3.63, 3.8) is 0 Å². The molecule has 3 heterocycles. The summed E-state index contributed by atoms with van der Waals surface area (Å²) in [5.41, 5.74) is 0. The van der Waals surface area contributed by atoms with E-state index in [2.05, 4.69) is 25.5 Å². The quantitative estimate of drug-likeness (QED) is 0.865. The van der Waals surface area contributed by atoms with Crippen molar-refractivity contribution < 1.29 is 0 Å². The van der Waals surface area contributed by atoms with Crippen LogP contribution in [0, 0.1) is 5.92 Å². The summed E-state index contributed by atoms with van der Waals surface area (Å²) in [7, 11) is 0. The van der Waals surface area contributed by atoms with Gasteiger partial charge in [-0.25, -0.2) is 4.98 Å². The van der Waals surface area contributed by atoms with Crippen molar-refractivity contribution in [3.05, 3.63) is 11.6 Å². The Labute approximate surface area is 107 Å². The number of hydrogen-bond donors (Lipinski definition) is 1. The van der Waals surface area contributed by atoms with E-state index in [1.165, 1.54) is 44.3 Å². The van der Waals surface area contributed by atoms with Crippen molar-refractivity contribution >= 4 is 16.5 Å². The zero-order chi connectivity index (χ0) is 11.5. The van der Waals surface area contributed by atoms with Crippen molar-refractivity contribution in [2.75, 3.05) is 50.7 Å². The van der Waals surface area contributed by atoms with E-state index in [4.69, 9.17) is 0 Å². The van der Waals surface area contributed by atoms with Crippen LogP contribution >= 0.6 is 11.3 Å². The summed E-state index contributed by atoms with van der Waals surface area (Å²) in [6.07, 6.45) is 3.25. The molecule has 1 aromatic heterocycles. The van der Waals surface area contributed by atoms with Crippen molar-refractivity contribution in [1.82, 2.24) is 15.2 Å². The molecule has 0 spiro atoms. The molecule has 2 fully saturated rings. The second-order valence-corrected chi connectivity index (χ2v) is 5.83. The number of piperazine rings is 1. The molecule has 2 aliphatic rings. The molecule has 0 aromatic carbocycles. The molecule has 0 aliphatic carbocycles. The predicted octanol–water partition coefficient (Wildman–Crippen LogP) is 0.875. The third-order valence-corrected chi connectivity index (χ3v) is 4.57. The van der Waals surface area contributed by atoms with Gasteiger partial charge in [-0.3, -0.25) is 4.90 Å². The van der Waals surface area contributed by atoms with E-state index in [-0.39, 0.29) is 0 Å². The number of thiazole rings is 1. The van der Waals surface area contributed by atoms with Crippen molar-refractivity contribution in [3.8, 4) is 0 Å². The molecule has 3 rings (SSSR count). The number of rotatable bonds is 3. The molecule has 2 saturated heterocycles. The standard InChI is InChI=1S/C12H20N4S/c1-2-13-9-11(1)10-15-4-6-16(7-5-15)12-14-3-8-17-12/h3,8,11,13H,1-2,4-7,9-10H2. The Bertz CT molecular complexity index is 326. The molecular formula is C12H20N4S. The van der Waals surface area contributed by atoms with Crippen molar-refractivity contribution in [2.24, 2.45) is 5.92 Å². The molecule has 94 valence electrons. The lowest BCUT2D eigenvalue weighted by atomic mass is 10.1. The maximum Gasteiger partial charge on any atom is 0.185 e. The first-order valence-corrected chi connectivity index (χ1v) is 7.37. The third-order valence-electron chi connectivity index (χ3n) is 3.74. The lowest BCUT2D eigenvalue weighted by Crippen LogP contribution is -2.48. The van der Waals surface area contributed by atoms with Crippen LogP contribution in [-0.4, -0.2) is 55.7 Å². The van der Waals surface area contributed by atoms with Gasteiger partial charge in [-0.15, -0.1) is 11.3 Å². The number of aromatic nitrogens is 1. The molecule has 0 saturated carbocycles. The molecular weight excluding hydrogens is 232 g/mol. The largest absolute Gasteiger partial charge is 0.346 e. The predicted molar refractivity (Wildman–Crippen MR) is 71.7 cm³/mol. The summed E-state index contributed by atoms with van der Waals surface area (Å²) in [5.74, 6) is 0.876. The highest BCUT2D eigenvalue weighted by molar-refractivity contribution is 7.13. The fourth-order valence-electron chi connectivity index (χ4n) is 2.73. The van der Waals surface area contributed by atoms with E-state index in [1.807, 2.05) is 6.20 Å². The highest BCUT2D eigenvalue weighted by atomic mass is 32.1. The van der Waals surface area contributed by atoms with Crippen LogP contribution in [0.25, 0.3) is 0 Å². The topological polar surface area (TPSA) is 31.4 Å². The third kappa shape index (κ3) is 2.78. The fourth-order valence-corrected chi connectivity index (χ4v) is 3.43. The molecule has 0 amide bonds. The van der Waals surface area contributed by atoms with Gasteiger partial charge >= 0.3 is 0 Å². The minimum absolute atomic E-state index is 0.876. The first-order chi connectivity index (χ1) is 8.42. The number of anilines is 1. The van der Waals surface area contributed by atoms with Crippen LogP contribution in [0.5, 0.6) is 0 Å². The molecule has 4 nitrogen and oxygen atoms in total. The van der Waals surface area contributed by atoms with E-state index in [9.17, 15) is 0 Å². The van der Waals surface area contributed by atoms with Gasteiger partial charge in [0.1, 0.15) is 0 Å². The Balaban J connectivity index is 1.47. The molecule has 0 bridgehead atoms. The SMILES string of the molecule is c1csc(N2CCN(CC3CCNC3)CC2)n1. The van der Waals surface area contributed by atoms with Gasteiger partial charge in [-0.1, -0.05) is 0 Å². The lowest BCUT2D eigenvalue weighted by molar-refractivity contribution is 0.224. The highest BCUT2D eigenvalue weighted by Gasteiger charge is 2.22. The first-order valence-electron chi connectivity index (χ1n) is 6.49. The zero-order valence-corrected chi connectivity index (χ0v) is 11.0. The van der Waals surface area contributed by atoms with Gasteiger partial charge in [0, 0.05) is 44.3 Å². The summed E-state index contributed by atoms with van der Waals surface area (Å²) in [6, 6.07) is 0. The molecule has 1 atom stereocenters. The van der Waals surface area contributed by atoms with E-state index >= 15 is 0 Å². The van der Waals surface area contributed by atoms with Crippen molar-refractivity contribution in [2.45, 2.75) is 6.42 Å². The van der Waals surface area contributed by atoms with Crippen LogP contribution in [-0.2, 0) is 0 Å². The van der Waals surface area contributed by atoms with Gasteiger partial charge in [0.05, 0.1) is 0 Å². The molecule has 17 heavy (non-hydrogen) atoms. The maximum atomic E-state index is 4.38. The minimum Gasteiger partial charge on any atom is -0.346 e. The Hall–Kier alpha value is -0.650. The normalized spacial score (nSPS) is 26.6. The fraction of sp³-hybridized carbons (Fsp3) is 0.750. The van der Waals surface area contributed by atoms with Gasteiger partial charge in [-0.05, 0) is 25.4 Å². The summed E-state index contributed by atoms with van der Waals surface area (Å²) in [5, 5.41) is 6.70. The highest BCUT2D eigenvalue weighted by Crippen LogP contribution is 2.19. The summed E-state index contributed by atoms with van der Waals surface area (Å²) >= 11 is 1.75. The van der Waals surface area contributed by atoms with Crippen LogP contribution in [0.15, 0.2) is 11.6 Å². The van der Waals surface area contributed by atoms with Crippen LogP contribution in [0.3, 0.4) is 0 Å². The Morgan fingerprint density at radius 1 is 1.35 bits per heavy atom. The number of nitrogens with one attached hydrogen (secondary N) is 1. The average molecular weight is 252 g/mol. The van der Waals surface area contributed by atoms with Gasteiger partial charge in [0.15, 0.2) is 5.13 Å². The lowest BCUT2D eigenvalue weighted by Gasteiger charge is -2.35. The molecule has 5 heteroatoms. The van der Waals surface area contributed by atoms with Crippen LogP contribution in [0.4, 0.5) is 5.13 Å². The molecule has 1 unspecified atom stereocenters. The van der Waals surface area contributed by atoms with Crippen LogP contribution in [0.1, 0.15) is 6.42 Å². The maximum absolute atomic E-state index is 4.38. The molecule has 0 radical (unpaired) electrons. The van der Waals surface area contributed by atoms with E-state index in [0.717, 1.165) is 19.0 Å². The van der Waals surface area contributed by atoms with E-state index < -0.39 is 0 Å². The van der Waals surface area contributed by atoms with Gasteiger partial charge in [0.2, 0.25) is 0 Å². The zero-order valence-electron chi connectivity index (χ0n) is 10.1. The van der Waals surface area contributed by atoms with Crippen molar-refractivity contribution in [1.29, 1.82) is 0 Å².